The minimum absolute atomic E-state index is 0.0811. The first-order valence-electron chi connectivity index (χ1n) is 6.91. The van der Waals surface area contributed by atoms with Crippen LogP contribution >= 0.6 is 0 Å². The number of Topliss-reactive ketones (excluding diaryl/α,β-unsaturated/α-hetero) is 1. The van der Waals surface area contributed by atoms with Crippen LogP contribution in [0, 0.1) is 5.92 Å². The lowest BCUT2D eigenvalue weighted by molar-refractivity contribution is -0.119. The molecule has 3 N–H and O–H groups in total. The molecule has 1 atom stereocenters. The number of carbonyl (C=O) groups is 2. The molecule has 2 aromatic rings. The molecule has 1 amide bonds. The molecule has 3 rings (SSSR count). The Morgan fingerprint density at radius 3 is 2.57 bits per heavy atom. The maximum atomic E-state index is 12.4. The molecule has 1 aliphatic rings. The summed E-state index contributed by atoms with van der Waals surface area (Å²) in [5.41, 5.74) is 8.28. The summed E-state index contributed by atoms with van der Waals surface area (Å²) in [4.78, 5) is 24.7. The van der Waals surface area contributed by atoms with Gasteiger partial charge >= 0.3 is 0 Å². The fraction of sp³-hybridized carbons (Fsp3) is 0.176. The molecule has 2 aromatic carbocycles. The van der Waals surface area contributed by atoms with E-state index in [1.54, 1.807) is 18.2 Å². The van der Waals surface area contributed by atoms with Crippen molar-refractivity contribution >= 4 is 23.1 Å². The molecule has 1 unspecified atom stereocenters. The van der Waals surface area contributed by atoms with E-state index in [2.05, 4.69) is 5.32 Å². The number of nitrogens with one attached hydrogen (secondary N) is 1. The van der Waals surface area contributed by atoms with Gasteiger partial charge < -0.3 is 11.1 Å². The van der Waals surface area contributed by atoms with Crippen molar-refractivity contribution in [3.63, 3.8) is 0 Å². The minimum atomic E-state index is -0.369. The molecule has 0 radical (unpaired) electrons. The highest BCUT2D eigenvalue weighted by atomic mass is 16.2. The molecule has 4 heteroatoms. The van der Waals surface area contributed by atoms with E-state index in [0.29, 0.717) is 23.4 Å². The van der Waals surface area contributed by atoms with E-state index in [1.807, 2.05) is 30.3 Å². The fourth-order valence-corrected chi connectivity index (χ4v) is 2.70. The Bertz CT molecular complexity index is 695. The Morgan fingerprint density at radius 1 is 1.05 bits per heavy atom. The number of carbonyl (C=O) groups excluding carboxylic acids is 2. The van der Waals surface area contributed by atoms with Crippen molar-refractivity contribution in [3.05, 3.63) is 59.7 Å². The average molecular weight is 280 g/mol. The summed E-state index contributed by atoms with van der Waals surface area (Å²) in [6.45, 7) is 0. The molecule has 1 heterocycles. The van der Waals surface area contributed by atoms with Gasteiger partial charge in [-0.05, 0) is 24.1 Å². The third kappa shape index (κ3) is 2.65. The van der Waals surface area contributed by atoms with Gasteiger partial charge in [0.15, 0.2) is 5.78 Å². The second-order valence-electron chi connectivity index (χ2n) is 5.27. The van der Waals surface area contributed by atoms with Crippen LogP contribution in [0.3, 0.4) is 0 Å². The SMILES string of the molecule is Nc1cccc2c1C(=O)CC(Cc1ccccc1)C(=O)N2. The van der Waals surface area contributed by atoms with Crippen LogP contribution in [0.1, 0.15) is 22.3 Å². The van der Waals surface area contributed by atoms with Crippen LogP contribution in [0.5, 0.6) is 0 Å². The Kier molecular flexibility index (Phi) is 3.44. The van der Waals surface area contributed by atoms with Crippen LogP contribution in [0.15, 0.2) is 48.5 Å². The smallest absolute Gasteiger partial charge is 0.228 e. The van der Waals surface area contributed by atoms with Gasteiger partial charge in [0.1, 0.15) is 0 Å². The zero-order valence-electron chi connectivity index (χ0n) is 11.5. The predicted molar refractivity (Wildman–Crippen MR) is 82.1 cm³/mol. The van der Waals surface area contributed by atoms with Gasteiger partial charge in [0.25, 0.3) is 0 Å². The molecule has 0 saturated carbocycles. The van der Waals surface area contributed by atoms with Crippen molar-refractivity contribution in [2.24, 2.45) is 5.92 Å². The predicted octanol–water partition coefficient (Wildman–Crippen LogP) is 2.65. The first kappa shape index (κ1) is 13.4. The summed E-state index contributed by atoms with van der Waals surface area (Å²) in [7, 11) is 0. The molecule has 0 fully saturated rings. The van der Waals surface area contributed by atoms with E-state index in [4.69, 9.17) is 5.73 Å². The summed E-state index contributed by atoms with van der Waals surface area (Å²) in [6, 6.07) is 14.8. The summed E-state index contributed by atoms with van der Waals surface area (Å²) >= 11 is 0. The van der Waals surface area contributed by atoms with Crippen molar-refractivity contribution in [3.8, 4) is 0 Å². The number of hydrogen-bond donors (Lipinski definition) is 2. The average Bonchev–Trinajstić information content (AvgIpc) is 2.58. The van der Waals surface area contributed by atoms with Gasteiger partial charge in [-0.3, -0.25) is 9.59 Å². The van der Waals surface area contributed by atoms with Crippen LogP contribution in [0.2, 0.25) is 0 Å². The number of anilines is 2. The number of benzene rings is 2. The number of rotatable bonds is 2. The van der Waals surface area contributed by atoms with Crippen molar-refractivity contribution in [2.75, 3.05) is 11.1 Å². The van der Waals surface area contributed by atoms with Gasteiger partial charge in [0.2, 0.25) is 5.91 Å². The molecule has 106 valence electrons. The molecular formula is C17H16N2O2. The zero-order chi connectivity index (χ0) is 14.8. The molecule has 21 heavy (non-hydrogen) atoms. The maximum Gasteiger partial charge on any atom is 0.228 e. The highest BCUT2D eigenvalue weighted by Crippen LogP contribution is 2.30. The molecule has 0 saturated heterocycles. The second kappa shape index (κ2) is 5.40. The van der Waals surface area contributed by atoms with Gasteiger partial charge in [-0.25, -0.2) is 0 Å². The van der Waals surface area contributed by atoms with Gasteiger partial charge in [0.05, 0.1) is 11.3 Å². The van der Waals surface area contributed by atoms with Gasteiger partial charge in [-0.2, -0.15) is 0 Å². The Morgan fingerprint density at radius 2 is 1.81 bits per heavy atom. The highest BCUT2D eigenvalue weighted by molar-refractivity contribution is 6.12. The van der Waals surface area contributed by atoms with Gasteiger partial charge in [0, 0.05) is 18.0 Å². The van der Waals surface area contributed by atoms with Crippen LogP contribution in [-0.2, 0) is 11.2 Å². The summed E-state index contributed by atoms with van der Waals surface area (Å²) in [5.74, 6) is -0.578. The van der Waals surface area contributed by atoms with Crippen LogP contribution in [0.4, 0.5) is 11.4 Å². The standard InChI is InChI=1S/C17H16N2O2/c18-13-7-4-8-14-16(13)15(20)10-12(17(21)19-14)9-11-5-2-1-3-6-11/h1-8,12H,9-10,18H2,(H,19,21). The zero-order valence-corrected chi connectivity index (χ0v) is 11.5. The molecule has 0 aromatic heterocycles. The molecule has 0 spiro atoms. The number of fused-ring (bicyclic) bond motifs is 1. The van der Waals surface area contributed by atoms with Crippen molar-refractivity contribution in [2.45, 2.75) is 12.8 Å². The van der Waals surface area contributed by atoms with Gasteiger partial charge in [-0.15, -0.1) is 0 Å². The lowest BCUT2D eigenvalue weighted by Crippen LogP contribution is -2.23. The first-order valence-corrected chi connectivity index (χ1v) is 6.91. The third-order valence-corrected chi connectivity index (χ3v) is 3.76. The van der Waals surface area contributed by atoms with Crippen molar-refractivity contribution in [1.29, 1.82) is 0 Å². The monoisotopic (exact) mass is 280 g/mol. The lowest BCUT2D eigenvalue weighted by atomic mass is 9.92. The van der Waals surface area contributed by atoms with E-state index in [-0.39, 0.29) is 24.0 Å². The minimum Gasteiger partial charge on any atom is -0.398 e. The maximum absolute atomic E-state index is 12.4. The van der Waals surface area contributed by atoms with Crippen LogP contribution < -0.4 is 11.1 Å². The number of hydrogen-bond acceptors (Lipinski definition) is 3. The lowest BCUT2D eigenvalue weighted by Gasteiger charge is -2.12. The summed E-state index contributed by atoms with van der Waals surface area (Å²) < 4.78 is 0. The molecule has 0 aliphatic carbocycles. The highest BCUT2D eigenvalue weighted by Gasteiger charge is 2.29. The Balaban J connectivity index is 1.90. The second-order valence-corrected chi connectivity index (χ2v) is 5.27. The molecule has 1 aliphatic heterocycles. The molecular weight excluding hydrogens is 264 g/mol. The molecule has 0 bridgehead atoms. The largest absolute Gasteiger partial charge is 0.398 e. The third-order valence-electron chi connectivity index (χ3n) is 3.76. The number of nitrogens with two attached hydrogens (primary N) is 1. The number of nitrogen functional groups attached to an aromatic ring is 1. The normalized spacial score (nSPS) is 17.8. The van der Waals surface area contributed by atoms with E-state index < -0.39 is 0 Å². The summed E-state index contributed by atoms with van der Waals surface area (Å²) in [5, 5.41) is 2.82. The van der Waals surface area contributed by atoms with Crippen LogP contribution in [-0.4, -0.2) is 11.7 Å². The fourth-order valence-electron chi connectivity index (χ4n) is 2.70. The topological polar surface area (TPSA) is 72.2 Å². The number of ketones is 1. The van der Waals surface area contributed by atoms with E-state index in [9.17, 15) is 9.59 Å². The van der Waals surface area contributed by atoms with E-state index >= 15 is 0 Å². The molecule has 4 nitrogen and oxygen atoms in total. The van der Waals surface area contributed by atoms with E-state index in [0.717, 1.165) is 5.56 Å². The van der Waals surface area contributed by atoms with Crippen molar-refractivity contribution in [1.82, 2.24) is 0 Å². The Labute approximate surface area is 123 Å². The van der Waals surface area contributed by atoms with Gasteiger partial charge in [-0.1, -0.05) is 36.4 Å². The Hall–Kier alpha value is -2.62. The first-order chi connectivity index (χ1) is 10.1. The van der Waals surface area contributed by atoms with Crippen molar-refractivity contribution < 1.29 is 9.59 Å². The number of amides is 1. The summed E-state index contributed by atoms with van der Waals surface area (Å²) in [6.07, 6.45) is 0.730. The van der Waals surface area contributed by atoms with Crippen LogP contribution in [0.25, 0.3) is 0 Å². The quantitative estimate of drug-likeness (QED) is 0.831. The van der Waals surface area contributed by atoms with E-state index in [1.165, 1.54) is 0 Å².